The molecule has 0 spiro atoms. The second kappa shape index (κ2) is 19.9. The van der Waals surface area contributed by atoms with Crippen molar-refractivity contribution in [3.63, 3.8) is 0 Å². The van der Waals surface area contributed by atoms with E-state index in [1.807, 2.05) is 44.2 Å². The van der Waals surface area contributed by atoms with Crippen LogP contribution in [0.3, 0.4) is 0 Å². The van der Waals surface area contributed by atoms with Crippen LogP contribution in [0, 0.1) is 24.7 Å². The van der Waals surface area contributed by atoms with Gasteiger partial charge in [-0.1, -0.05) is 49.2 Å². The fourth-order valence-corrected chi connectivity index (χ4v) is 8.61. The first-order valence-electron chi connectivity index (χ1n) is 19.6. The molecule has 1 aromatic carbocycles. The Labute approximate surface area is 320 Å². The highest BCUT2D eigenvalue weighted by molar-refractivity contribution is 6.02. The lowest BCUT2D eigenvalue weighted by Gasteiger charge is -2.59. The van der Waals surface area contributed by atoms with E-state index < -0.39 is 23.8 Å². The minimum atomic E-state index is -1.34. The number of unbranched alkanes of at least 4 members (excludes halogenated alkanes) is 2. The first-order valence-corrected chi connectivity index (χ1v) is 19.6. The molecule has 0 bridgehead atoms. The number of pyridine rings is 1. The maximum absolute atomic E-state index is 14.0. The smallest absolute Gasteiger partial charge is 0.410 e. The van der Waals surface area contributed by atoms with Gasteiger partial charge < -0.3 is 34.0 Å². The van der Waals surface area contributed by atoms with Crippen LogP contribution in [-0.2, 0) is 20.9 Å². The minimum absolute atomic E-state index is 0.105. The number of aliphatic hydroxyl groups excluding tert-OH is 2. The van der Waals surface area contributed by atoms with E-state index in [1.165, 1.54) is 0 Å². The van der Waals surface area contributed by atoms with Crippen molar-refractivity contribution in [2.24, 2.45) is 22.9 Å². The number of ether oxygens (including phenoxy) is 4. The standard InChI is InChI=1S/C43H59N3O8/c1-6-9-25-51-42(49)46(21-7-2)39-28-37(45-50-5)35-26-31(16-10-12-22-47)34(18-11-13-23-48)40-36-27-33(52-29-32-17-14-15-30(4)44-32)19-20-38(36)54-43(39,41(35)40)53-24-8-3/h6,8,14-15,17,19-20,26-27,31,34,39-41,47-48H,1,3,7,9-13,16,18,21-25,28-29H2,2,4-5H3. The lowest BCUT2D eigenvalue weighted by Crippen LogP contribution is -2.70. The lowest BCUT2D eigenvalue weighted by atomic mass is 9.55. The molecule has 6 unspecified atom stereocenters. The Kier molecular flexibility index (Phi) is 15.1. The number of hydrogen-bond donors (Lipinski definition) is 2. The highest BCUT2D eigenvalue weighted by atomic mass is 16.7. The van der Waals surface area contributed by atoms with E-state index in [0.717, 1.165) is 53.9 Å². The zero-order valence-electron chi connectivity index (χ0n) is 32.3. The van der Waals surface area contributed by atoms with Crippen molar-refractivity contribution in [2.75, 3.05) is 40.1 Å². The molecule has 1 amide bonds. The number of aryl methyl sites for hydroxylation is 1. The third-order valence-electron chi connectivity index (χ3n) is 10.8. The molecule has 6 atom stereocenters. The fourth-order valence-electron chi connectivity index (χ4n) is 8.61. The molecule has 2 heterocycles. The van der Waals surface area contributed by atoms with E-state index in [4.69, 9.17) is 23.8 Å². The Hall–Kier alpha value is -4.19. The number of fused-ring (bicyclic) bond motifs is 2. The van der Waals surface area contributed by atoms with Crippen molar-refractivity contribution in [1.82, 2.24) is 9.88 Å². The molecule has 2 aliphatic carbocycles. The molecule has 0 saturated heterocycles. The number of oxime groups is 1. The molecule has 1 aliphatic heterocycles. The molecular formula is C43H59N3O8. The third-order valence-corrected chi connectivity index (χ3v) is 10.8. The van der Waals surface area contributed by atoms with Gasteiger partial charge in [0.25, 0.3) is 0 Å². The van der Waals surface area contributed by atoms with Gasteiger partial charge in [0, 0.05) is 43.4 Å². The quantitative estimate of drug-likeness (QED) is 0.0751. The lowest BCUT2D eigenvalue weighted by molar-refractivity contribution is -0.255. The summed E-state index contributed by atoms with van der Waals surface area (Å²) in [7, 11) is 1.54. The Bertz CT molecular complexity index is 1630. The Balaban J connectivity index is 1.71. The van der Waals surface area contributed by atoms with Gasteiger partial charge in [0.05, 0.1) is 30.5 Å². The molecule has 2 aromatic rings. The minimum Gasteiger partial charge on any atom is -0.487 e. The van der Waals surface area contributed by atoms with Gasteiger partial charge in [-0.05, 0) is 93.2 Å². The number of aromatic nitrogens is 1. The maximum Gasteiger partial charge on any atom is 0.410 e. The van der Waals surface area contributed by atoms with Gasteiger partial charge >= 0.3 is 6.09 Å². The predicted molar refractivity (Wildman–Crippen MR) is 208 cm³/mol. The second-order valence-electron chi connectivity index (χ2n) is 14.4. The van der Waals surface area contributed by atoms with Crippen LogP contribution in [0.2, 0.25) is 0 Å². The highest BCUT2D eigenvalue weighted by Gasteiger charge is 2.65. The summed E-state index contributed by atoms with van der Waals surface area (Å²) in [5.74, 6) is -0.298. The molecule has 2 N–H and O–H groups in total. The molecule has 11 heteroatoms. The van der Waals surface area contributed by atoms with Crippen molar-refractivity contribution >= 4 is 11.8 Å². The summed E-state index contributed by atoms with van der Waals surface area (Å²) in [6.07, 6.45) is 11.6. The molecular weight excluding hydrogens is 686 g/mol. The monoisotopic (exact) mass is 745 g/mol. The molecule has 3 aliphatic rings. The van der Waals surface area contributed by atoms with Crippen LogP contribution in [0.4, 0.5) is 4.79 Å². The number of carbonyl (C=O) groups excluding carboxylic acids is 1. The van der Waals surface area contributed by atoms with Crippen molar-refractivity contribution in [3.05, 3.63) is 90.3 Å². The SMILES string of the molecule is C=CCCOC(=O)N(CCC)C1CC(=NOC)C2=CC(CCCCO)C(CCCCO)C3c4cc(OCc5cccc(C)n5)ccc4OC1(OCC=C)C23. The van der Waals surface area contributed by atoms with Gasteiger partial charge in [-0.2, -0.15) is 0 Å². The van der Waals surface area contributed by atoms with Crippen LogP contribution >= 0.6 is 0 Å². The normalized spacial score (nSPS) is 24.7. The average molecular weight is 746 g/mol. The number of carbonyl (C=O) groups is 1. The van der Waals surface area contributed by atoms with Gasteiger partial charge in [-0.25, -0.2) is 4.79 Å². The number of rotatable bonds is 21. The summed E-state index contributed by atoms with van der Waals surface area (Å²) in [6, 6.07) is 11.2. The summed E-state index contributed by atoms with van der Waals surface area (Å²) >= 11 is 0. The van der Waals surface area contributed by atoms with Gasteiger partial charge in [-0.3, -0.25) is 9.88 Å². The molecule has 1 fully saturated rings. The van der Waals surface area contributed by atoms with Crippen molar-refractivity contribution in [3.8, 4) is 11.5 Å². The van der Waals surface area contributed by atoms with Crippen molar-refractivity contribution in [1.29, 1.82) is 0 Å². The molecule has 1 aromatic heterocycles. The molecule has 1 saturated carbocycles. The number of amides is 1. The Morgan fingerprint density at radius 3 is 2.61 bits per heavy atom. The van der Waals surface area contributed by atoms with E-state index in [0.29, 0.717) is 56.8 Å². The van der Waals surface area contributed by atoms with E-state index >= 15 is 0 Å². The summed E-state index contributed by atoms with van der Waals surface area (Å²) in [5.41, 5.74) is 4.47. The van der Waals surface area contributed by atoms with Gasteiger partial charge in [0.2, 0.25) is 5.79 Å². The number of nitrogens with zero attached hydrogens (tertiary/aromatic N) is 3. The first kappa shape index (κ1) is 41.0. The summed E-state index contributed by atoms with van der Waals surface area (Å²) in [6.45, 7) is 13.1. The van der Waals surface area contributed by atoms with Gasteiger partial charge in [0.15, 0.2) is 0 Å². The first-order chi connectivity index (χ1) is 26.3. The van der Waals surface area contributed by atoms with Gasteiger partial charge in [0.1, 0.15) is 31.3 Å². The van der Waals surface area contributed by atoms with E-state index in [2.05, 4.69) is 35.4 Å². The largest absolute Gasteiger partial charge is 0.487 e. The second-order valence-corrected chi connectivity index (χ2v) is 14.4. The highest BCUT2D eigenvalue weighted by Crippen LogP contribution is 2.62. The molecule has 5 rings (SSSR count). The number of hydrogen-bond acceptors (Lipinski definition) is 10. The average Bonchev–Trinajstić information content (AvgIpc) is 3.17. The fraction of sp³-hybridized carbons (Fsp3) is 0.558. The predicted octanol–water partition coefficient (Wildman–Crippen LogP) is 7.66. The number of benzene rings is 1. The zero-order valence-corrected chi connectivity index (χ0v) is 32.3. The summed E-state index contributed by atoms with van der Waals surface area (Å²) in [5, 5.41) is 24.3. The van der Waals surface area contributed by atoms with Gasteiger partial charge in [-0.15, -0.1) is 13.2 Å². The molecule has 0 radical (unpaired) electrons. The topological polar surface area (TPSA) is 132 Å². The van der Waals surface area contributed by atoms with E-state index in [-0.39, 0.29) is 44.2 Å². The Morgan fingerprint density at radius 2 is 1.91 bits per heavy atom. The zero-order chi connectivity index (χ0) is 38.5. The summed E-state index contributed by atoms with van der Waals surface area (Å²) < 4.78 is 26.4. The van der Waals surface area contributed by atoms with Crippen LogP contribution < -0.4 is 9.47 Å². The van der Waals surface area contributed by atoms with Crippen LogP contribution in [0.15, 0.2) is 78.5 Å². The van der Waals surface area contributed by atoms with Crippen molar-refractivity contribution in [2.45, 2.75) is 96.0 Å². The molecule has 54 heavy (non-hydrogen) atoms. The van der Waals surface area contributed by atoms with E-state index in [1.54, 1.807) is 24.2 Å². The van der Waals surface area contributed by atoms with Crippen LogP contribution in [0.25, 0.3) is 0 Å². The van der Waals surface area contributed by atoms with Crippen LogP contribution in [0.1, 0.15) is 87.6 Å². The van der Waals surface area contributed by atoms with Crippen LogP contribution in [0.5, 0.6) is 11.5 Å². The van der Waals surface area contributed by atoms with Crippen LogP contribution in [-0.4, -0.2) is 83.8 Å². The number of allylic oxidation sites excluding steroid dienone is 1. The molecule has 11 nitrogen and oxygen atoms in total. The Morgan fingerprint density at radius 1 is 1.11 bits per heavy atom. The molecule has 294 valence electrons. The number of aliphatic hydroxyl groups is 2. The van der Waals surface area contributed by atoms with Crippen molar-refractivity contribution < 1.29 is 38.8 Å². The van der Waals surface area contributed by atoms with E-state index in [9.17, 15) is 15.0 Å². The maximum atomic E-state index is 14.0. The third kappa shape index (κ3) is 9.18. The summed E-state index contributed by atoms with van der Waals surface area (Å²) in [4.78, 5) is 25.9.